The fourth-order valence-corrected chi connectivity index (χ4v) is 5.52. The zero-order chi connectivity index (χ0) is 17.4. The van der Waals surface area contributed by atoms with E-state index in [0.29, 0.717) is 29.4 Å². The summed E-state index contributed by atoms with van der Waals surface area (Å²) >= 11 is 0. The van der Waals surface area contributed by atoms with E-state index in [2.05, 4.69) is 15.2 Å². The number of pyridine rings is 1. The third-order valence-electron chi connectivity index (χ3n) is 5.37. The molecule has 2 aliphatic rings. The Morgan fingerprint density at radius 1 is 1.15 bits per heavy atom. The number of fused-ring (bicyclic) bond motifs is 1. The Hall–Kier alpha value is -1.25. The van der Waals surface area contributed by atoms with Crippen molar-refractivity contribution >= 4 is 33.3 Å². The van der Waals surface area contributed by atoms with Gasteiger partial charge in [-0.2, -0.15) is 4.31 Å². The average Bonchev–Trinajstić information content (AvgIpc) is 3.17. The molecule has 2 aromatic rings. The normalized spacial score (nSPS) is 22.4. The Morgan fingerprint density at radius 3 is 2.62 bits per heavy atom. The Kier molecular flexibility index (Phi) is 5.84. The molecule has 3 heterocycles. The lowest BCUT2D eigenvalue weighted by Gasteiger charge is -2.37. The SMILES string of the molecule is Cc1ccc(S(=O)(=O)N2CCN(C3CCNC3)CC2)c2cccnc12.Cl. The van der Waals surface area contributed by atoms with Gasteiger partial charge in [-0.25, -0.2) is 8.42 Å². The number of nitrogens with one attached hydrogen (secondary N) is 1. The fourth-order valence-electron chi connectivity index (χ4n) is 3.91. The van der Waals surface area contributed by atoms with E-state index in [-0.39, 0.29) is 12.4 Å². The summed E-state index contributed by atoms with van der Waals surface area (Å²) in [7, 11) is -3.50. The predicted molar refractivity (Wildman–Crippen MR) is 105 cm³/mol. The number of aryl methyl sites for hydroxylation is 1. The first-order valence-corrected chi connectivity index (χ1v) is 10.3. The molecule has 0 aliphatic carbocycles. The van der Waals surface area contributed by atoms with Crippen LogP contribution in [0, 0.1) is 6.92 Å². The van der Waals surface area contributed by atoms with Gasteiger partial charge in [0.15, 0.2) is 0 Å². The molecule has 2 fully saturated rings. The van der Waals surface area contributed by atoms with Crippen LogP contribution in [0.1, 0.15) is 12.0 Å². The molecule has 1 aromatic carbocycles. The molecular weight excluding hydrogens is 372 g/mol. The van der Waals surface area contributed by atoms with Crippen molar-refractivity contribution in [2.24, 2.45) is 0 Å². The second kappa shape index (κ2) is 7.78. The van der Waals surface area contributed by atoms with Crippen LogP contribution in [-0.2, 0) is 10.0 Å². The molecule has 2 saturated heterocycles. The second-order valence-electron chi connectivity index (χ2n) is 6.87. The first-order chi connectivity index (χ1) is 12.1. The van der Waals surface area contributed by atoms with Gasteiger partial charge in [-0.1, -0.05) is 6.07 Å². The molecule has 1 aromatic heterocycles. The van der Waals surface area contributed by atoms with E-state index in [9.17, 15) is 8.42 Å². The van der Waals surface area contributed by atoms with Gasteiger partial charge in [0.05, 0.1) is 10.4 Å². The smallest absolute Gasteiger partial charge is 0.243 e. The topological polar surface area (TPSA) is 65.5 Å². The quantitative estimate of drug-likeness (QED) is 0.854. The van der Waals surface area contributed by atoms with E-state index in [1.54, 1.807) is 22.6 Å². The summed E-state index contributed by atoms with van der Waals surface area (Å²) in [6.45, 7) is 6.73. The molecule has 2 aliphatic heterocycles. The number of nitrogens with zero attached hydrogens (tertiary/aromatic N) is 3. The number of hydrogen-bond donors (Lipinski definition) is 1. The van der Waals surface area contributed by atoms with Crippen molar-refractivity contribution in [2.45, 2.75) is 24.3 Å². The van der Waals surface area contributed by atoms with Crippen LogP contribution >= 0.6 is 12.4 Å². The maximum Gasteiger partial charge on any atom is 0.243 e. The van der Waals surface area contributed by atoms with Gasteiger partial charge in [-0.05, 0) is 43.7 Å². The van der Waals surface area contributed by atoms with E-state index in [0.717, 1.165) is 43.7 Å². The van der Waals surface area contributed by atoms with Gasteiger partial charge in [0.2, 0.25) is 10.0 Å². The summed E-state index contributed by atoms with van der Waals surface area (Å²) < 4.78 is 28.0. The third kappa shape index (κ3) is 3.46. The second-order valence-corrected chi connectivity index (χ2v) is 8.77. The number of hydrogen-bond acceptors (Lipinski definition) is 5. The highest BCUT2D eigenvalue weighted by atomic mass is 35.5. The first-order valence-electron chi connectivity index (χ1n) is 8.86. The maximum atomic E-state index is 13.2. The predicted octanol–water partition coefficient (Wildman–Crippen LogP) is 1.63. The van der Waals surface area contributed by atoms with Crippen molar-refractivity contribution in [3.63, 3.8) is 0 Å². The van der Waals surface area contributed by atoms with Crippen molar-refractivity contribution in [1.29, 1.82) is 0 Å². The van der Waals surface area contributed by atoms with Gasteiger partial charge in [0.1, 0.15) is 0 Å². The highest BCUT2D eigenvalue weighted by Crippen LogP contribution is 2.27. The van der Waals surface area contributed by atoms with Crippen molar-refractivity contribution in [3.05, 3.63) is 36.0 Å². The zero-order valence-electron chi connectivity index (χ0n) is 14.9. The van der Waals surface area contributed by atoms with E-state index in [1.165, 1.54) is 0 Å². The monoisotopic (exact) mass is 396 g/mol. The fraction of sp³-hybridized carbons (Fsp3) is 0.500. The Labute approximate surface area is 161 Å². The van der Waals surface area contributed by atoms with Crippen LogP contribution in [0.15, 0.2) is 35.4 Å². The molecule has 0 amide bonds. The van der Waals surface area contributed by atoms with Crippen LogP contribution in [0.2, 0.25) is 0 Å². The molecule has 0 radical (unpaired) electrons. The van der Waals surface area contributed by atoms with Crippen molar-refractivity contribution < 1.29 is 8.42 Å². The summed E-state index contributed by atoms with van der Waals surface area (Å²) in [5.74, 6) is 0. The molecule has 0 spiro atoms. The van der Waals surface area contributed by atoms with E-state index in [4.69, 9.17) is 0 Å². The van der Waals surface area contributed by atoms with Crippen LogP contribution in [0.3, 0.4) is 0 Å². The largest absolute Gasteiger partial charge is 0.315 e. The van der Waals surface area contributed by atoms with Gasteiger partial charge in [-0.3, -0.25) is 9.88 Å². The highest BCUT2D eigenvalue weighted by molar-refractivity contribution is 7.89. The van der Waals surface area contributed by atoms with Crippen molar-refractivity contribution in [2.75, 3.05) is 39.3 Å². The number of halogens is 1. The Bertz CT molecular complexity index is 876. The molecule has 8 heteroatoms. The minimum atomic E-state index is -3.50. The van der Waals surface area contributed by atoms with Crippen molar-refractivity contribution in [3.8, 4) is 0 Å². The van der Waals surface area contributed by atoms with Crippen molar-refractivity contribution in [1.82, 2.24) is 19.5 Å². The minimum Gasteiger partial charge on any atom is -0.315 e. The van der Waals surface area contributed by atoms with Gasteiger partial charge >= 0.3 is 0 Å². The Balaban J connectivity index is 0.00000196. The number of sulfonamides is 1. The molecule has 0 saturated carbocycles. The number of benzene rings is 1. The zero-order valence-corrected chi connectivity index (χ0v) is 16.5. The van der Waals surface area contributed by atoms with Crippen LogP contribution < -0.4 is 5.32 Å². The van der Waals surface area contributed by atoms with E-state index < -0.39 is 10.0 Å². The van der Waals surface area contributed by atoms with Gasteiger partial charge in [0, 0.05) is 50.3 Å². The standard InChI is InChI=1S/C18H24N4O2S.ClH/c1-14-4-5-17(16-3-2-7-20-18(14)16)25(23,24)22-11-9-21(10-12-22)15-6-8-19-13-15;/h2-5,7,15,19H,6,8-13H2,1H3;1H. The van der Waals surface area contributed by atoms with E-state index >= 15 is 0 Å². The van der Waals surface area contributed by atoms with Crippen LogP contribution in [0.4, 0.5) is 0 Å². The lowest BCUT2D eigenvalue weighted by atomic mass is 10.1. The average molecular weight is 397 g/mol. The molecule has 1 unspecified atom stereocenters. The third-order valence-corrected chi connectivity index (χ3v) is 7.33. The first kappa shape index (κ1) is 19.5. The highest BCUT2D eigenvalue weighted by Gasteiger charge is 2.32. The molecule has 142 valence electrons. The lowest BCUT2D eigenvalue weighted by molar-refractivity contribution is 0.145. The Morgan fingerprint density at radius 2 is 1.92 bits per heavy atom. The molecule has 1 atom stereocenters. The lowest BCUT2D eigenvalue weighted by Crippen LogP contribution is -2.52. The molecule has 0 bridgehead atoms. The maximum absolute atomic E-state index is 13.2. The molecule has 4 rings (SSSR count). The van der Waals surface area contributed by atoms with Gasteiger partial charge in [0.25, 0.3) is 0 Å². The summed E-state index contributed by atoms with van der Waals surface area (Å²) in [6, 6.07) is 7.77. The van der Waals surface area contributed by atoms with Crippen LogP contribution in [-0.4, -0.2) is 67.9 Å². The van der Waals surface area contributed by atoms with Gasteiger partial charge < -0.3 is 5.32 Å². The molecule has 1 N–H and O–H groups in total. The summed E-state index contributed by atoms with van der Waals surface area (Å²) in [5, 5.41) is 4.09. The van der Waals surface area contributed by atoms with Gasteiger partial charge in [-0.15, -0.1) is 12.4 Å². The number of piperazine rings is 1. The minimum absolute atomic E-state index is 0. The summed E-state index contributed by atoms with van der Waals surface area (Å²) in [5.41, 5.74) is 1.76. The number of aromatic nitrogens is 1. The molecular formula is C18H25ClN4O2S. The van der Waals surface area contributed by atoms with Crippen LogP contribution in [0.5, 0.6) is 0 Å². The summed E-state index contributed by atoms with van der Waals surface area (Å²) in [4.78, 5) is 7.16. The summed E-state index contributed by atoms with van der Waals surface area (Å²) in [6.07, 6.45) is 2.86. The number of rotatable bonds is 3. The molecule has 26 heavy (non-hydrogen) atoms. The van der Waals surface area contributed by atoms with Crippen LogP contribution in [0.25, 0.3) is 10.9 Å². The molecule has 6 nitrogen and oxygen atoms in total. The van der Waals surface area contributed by atoms with E-state index in [1.807, 2.05) is 19.1 Å².